The second kappa shape index (κ2) is 6.99. The molecule has 2 aliphatic carbocycles. The molecule has 5 heteroatoms. The van der Waals surface area contributed by atoms with Gasteiger partial charge in [-0.25, -0.2) is 0 Å². The Labute approximate surface area is 137 Å². The Morgan fingerprint density at radius 2 is 1.86 bits per heavy atom. The minimum Gasteiger partial charge on any atom is -0.349 e. The highest BCUT2D eigenvalue weighted by Gasteiger charge is 2.36. The monoisotopic (exact) mass is 328 g/mol. The fraction of sp³-hybridized carbons (Fsp3) is 0.562. The molecule has 2 fully saturated rings. The van der Waals surface area contributed by atoms with Gasteiger partial charge in [-0.05, 0) is 55.7 Å². The van der Waals surface area contributed by atoms with Crippen LogP contribution in [0.15, 0.2) is 24.3 Å². The van der Waals surface area contributed by atoms with Crippen LogP contribution in [0.25, 0.3) is 0 Å². The van der Waals surface area contributed by atoms with Gasteiger partial charge in [0.1, 0.15) is 0 Å². The Balaban J connectivity index is 0.00000161. The van der Waals surface area contributed by atoms with E-state index in [4.69, 9.17) is 17.3 Å². The van der Waals surface area contributed by atoms with E-state index in [2.05, 4.69) is 5.32 Å². The van der Waals surface area contributed by atoms with Crippen molar-refractivity contribution in [3.05, 3.63) is 34.9 Å². The maximum absolute atomic E-state index is 12.4. The summed E-state index contributed by atoms with van der Waals surface area (Å²) in [7, 11) is 0. The molecule has 2 aliphatic rings. The lowest BCUT2D eigenvalue weighted by atomic mass is 10.00. The number of amides is 1. The van der Waals surface area contributed by atoms with Crippen LogP contribution >= 0.6 is 24.0 Å². The molecule has 3 nitrogen and oxygen atoms in total. The Morgan fingerprint density at radius 1 is 1.19 bits per heavy atom. The van der Waals surface area contributed by atoms with E-state index in [1.54, 1.807) is 0 Å². The quantitative estimate of drug-likeness (QED) is 0.889. The van der Waals surface area contributed by atoms with E-state index in [9.17, 15) is 4.79 Å². The van der Waals surface area contributed by atoms with Gasteiger partial charge in [0.15, 0.2) is 0 Å². The van der Waals surface area contributed by atoms with Crippen LogP contribution in [0.3, 0.4) is 0 Å². The number of rotatable bonds is 4. The minimum absolute atomic E-state index is 0. The summed E-state index contributed by atoms with van der Waals surface area (Å²) < 4.78 is 0. The van der Waals surface area contributed by atoms with Crippen molar-refractivity contribution in [1.29, 1.82) is 0 Å². The molecule has 3 N–H and O–H groups in total. The highest BCUT2D eigenvalue weighted by Crippen LogP contribution is 2.41. The van der Waals surface area contributed by atoms with Crippen molar-refractivity contribution in [2.45, 2.75) is 44.2 Å². The lowest BCUT2D eigenvalue weighted by molar-refractivity contribution is -0.125. The molecular weight excluding hydrogens is 307 g/mol. The Bertz CT molecular complexity index is 488. The van der Waals surface area contributed by atoms with E-state index in [0.717, 1.165) is 29.8 Å². The van der Waals surface area contributed by atoms with Crippen molar-refractivity contribution < 1.29 is 4.79 Å². The van der Waals surface area contributed by atoms with Crippen LogP contribution in [-0.4, -0.2) is 11.9 Å². The molecule has 0 saturated heterocycles. The Morgan fingerprint density at radius 3 is 2.38 bits per heavy atom. The molecule has 0 aromatic heterocycles. The molecule has 116 valence electrons. The minimum atomic E-state index is 0. The number of benzene rings is 1. The molecule has 0 heterocycles. The van der Waals surface area contributed by atoms with E-state index >= 15 is 0 Å². The first-order valence-corrected chi connectivity index (χ1v) is 7.82. The van der Waals surface area contributed by atoms with Crippen LogP contribution in [0.2, 0.25) is 5.02 Å². The van der Waals surface area contributed by atoms with E-state index in [-0.39, 0.29) is 36.3 Å². The summed E-state index contributed by atoms with van der Waals surface area (Å²) in [5, 5.41) is 3.97. The van der Waals surface area contributed by atoms with Gasteiger partial charge in [0.05, 0.1) is 6.04 Å². The summed E-state index contributed by atoms with van der Waals surface area (Å²) in [5.74, 6) is 0.846. The first-order chi connectivity index (χ1) is 9.63. The molecule has 0 aliphatic heterocycles. The number of hydrogen-bond acceptors (Lipinski definition) is 2. The predicted octanol–water partition coefficient (Wildman–Crippen LogP) is 3.46. The molecule has 1 aromatic rings. The summed E-state index contributed by atoms with van der Waals surface area (Å²) in [4.78, 5) is 12.4. The smallest absolute Gasteiger partial charge is 0.223 e. The molecule has 21 heavy (non-hydrogen) atoms. The zero-order chi connectivity index (χ0) is 14.1. The van der Waals surface area contributed by atoms with Gasteiger partial charge in [-0.15, -0.1) is 12.4 Å². The van der Waals surface area contributed by atoms with Gasteiger partial charge in [-0.1, -0.05) is 23.7 Å². The van der Waals surface area contributed by atoms with Crippen molar-refractivity contribution in [3.8, 4) is 0 Å². The van der Waals surface area contributed by atoms with E-state index < -0.39 is 0 Å². The molecule has 0 bridgehead atoms. The van der Waals surface area contributed by atoms with Gasteiger partial charge < -0.3 is 11.1 Å². The summed E-state index contributed by atoms with van der Waals surface area (Å²) in [6, 6.07) is 8.16. The SMILES string of the molecule is Cl.NC1CCC(C(=O)NC(c2ccc(Cl)cc2)C2CC2)C1. The molecule has 1 amide bonds. The number of carbonyl (C=O) groups excluding carboxylic acids is 1. The average Bonchev–Trinajstić information content (AvgIpc) is 3.18. The molecule has 0 radical (unpaired) electrons. The second-order valence-electron chi connectivity index (χ2n) is 6.15. The first kappa shape index (κ1) is 16.6. The first-order valence-electron chi connectivity index (χ1n) is 7.45. The normalized spacial score (nSPS) is 26.0. The fourth-order valence-corrected chi connectivity index (χ4v) is 3.22. The number of hydrogen-bond donors (Lipinski definition) is 2. The van der Waals surface area contributed by atoms with Crippen molar-refractivity contribution in [2.24, 2.45) is 17.6 Å². The summed E-state index contributed by atoms with van der Waals surface area (Å²) >= 11 is 5.94. The molecule has 1 aromatic carbocycles. The molecule has 3 rings (SSSR count). The molecular formula is C16H22Cl2N2O. The van der Waals surface area contributed by atoms with Gasteiger partial charge in [0, 0.05) is 17.0 Å². The van der Waals surface area contributed by atoms with Crippen LogP contribution in [0.1, 0.15) is 43.7 Å². The highest BCUT2D eigenvalue weighted by molar-refractivity contribution is 6.30. The van der Waals surface area contributed by atoms with Gasteiger partial charge in [0.25, 0.3) is 0 Å². The summed E-state index contributed by atoms with van der Waals surface area (Å²) in [6.45, 7) is 0. The Hall–Kier alpha value is -0.770. The van der Waals surface area contributed by atoms with Crippen molar-refractivity contribution >= 4 is 29.9 Å². The largest absolute Gasteiger partial charge is 0.349 e. The van der Waals surface area contributed by atoms with Gasteiger partial charge >= 0.3 is 0 Å². The fourth-order valence-electron chi connectivity index (χ4n) is 3.10. The van der Waals surface area contributed by atoms with Gasteiger partial charge in [0.2, 0.25) is 5.91 Å². The van der Waals surface area contributed by atoms with E-state index in [0.29, 0.717) is 5.92 Å². The zero-order valence-corrected chi connectivity index (χ0v) is 13.5. The number of halogens is 2. The van der Waals surface area contributed by atoms with Crippen LogP contribution in [0.4, 0.5) is 0 Å². The topological polar surface area (TPSA) is 55.1 Å². The standard InChI is InChI=1S/C16H21ClN2O.ClH/c17-13-6-3-11(4-7-13)15(10-1-2-10)19-16(20)12-5-8-14(18)9-12;/h3-4,6-7,10,12,14-15H,1-2,5,8-9,18H2,(H,19,20);1H. The molecule has 3 unspecified atom stereocenters. The van der Waals surface area contributed by atoms with Gasteiger partial charge in [-0.3, -0.25) is 4.79 Å². The lowest BCUT2D eigenvalue weighted by Crippen LogP contribution is -2.34. The van der Waals surface area contributed by atoms with E-state index in [1.165, 1.54) is 12.8 Å². The van der Waals surface area contributed by atoms with Crippen LogP contribution < -0.4 is 11.1 Å². The maximum Gasteiger partial charge on any atom is 0.223 e. The lowest BCUT2D eigenvalue weighted by Gasteiger charge is -2.21. The van der Waals surface area contributed by atoms with Crippen LogP contribution in [-0.2, 0) is 4.79 Å². The summed E-state index contributed by atoms with van der Waals surface area (Å²) in [6.07, 6.45) is 5.09. The number of carbonyl (C=O) groups is 1. The third-order valence-corrected chi connectivity index (χ3v) is 4.72. The third kappa shape index (κ3) is 4.12. The maximum atomic E-state index is 12.4. The van der Waals surface area contributed by atoms with Gasteiger partial charge in [-0.2, -0.15) is 0 Å². The number of nitrogens with two attached hydrogens (primary N) is 1. The third-order valence-electron chi connectivity index (χ3n) is 4.46. The molecule has 2 saturated carbocycles. The molecule has 3 atom stereocenters. The van der Waals surface area contributed by atoms with Crippen LogP contribution in [0.5, 0.6) is 0 Å². The second-order valence-corrected chi connectivity index (χ2v) is 6.58. The van der Waals surface area contributed by atoms with Crippen molar-refractivity contribution in [2.75, 3.05) is 0 Å². The van der Waals surface area contributed by atoms with Crippen molar-refractivity contribution in [1.82, 2.24) is 5.32 Å². The molecule has 0 spiro atoms. The van der Waals surface area contributed by atoms with Crippen LogP contribution in [0, 0.1) is 11.8 Å². The summed E-state index contributed by atoms with van der Waals surface area (Å²) in [5.41, 5.74) is 7.06. The Kier molecular flexibility index (Phi) is 5.53. The average molecular weight is 329 g/mol. The zero-order valence-electron chi connectivity index (χ0n) is 11.9. The van der Waals surface area contributed by atoms with Crippen molar-refractivity contribution in [3.63, 3.8) is 0 Å². The van der Waals surface area contributed by atoms with E-state index in [1.807, 2.05) is 24.3 Å². The number of nitrogens with one attached hydrogen (secondary N) is 1. The predicted molar refractivity (Wildman–Crippen MR) is 87.6 cm³/mol. The highest BCUT2D eigenvalue weighted by atomic mass is 35.5.